The molecule has 0 spiro atoms. The van der Waals surface area contributed by atoms with Crippen molar-refractivity contribution in [2.24, 2.45) is 0 Å². The highest BCUT2D eigenvalue weighted by Crippen LogP contribution is 2.30. The van der Waals surface area contributed by atoms with E-state index in [9.17, 15) is 4.79 Å². The fourth-order valence-corrected chi connectivity index (χ4v) is 4.20. The predicted molar refractivity (Wildman–Crippen MR) is 101 cm³/mol. The number of H-pyrrole nitrogens is 1. The number of nitrogens with one attached hydrogen (secondary N) is 1. The molecule has 0 amide bonds. The summed E-state index contributed by atoms with van der Waals surface area (Å²) in [5, 5.41) is 4.42. The Bertz CT molecular complexity index is 816. The molecule has 0 bridgehead atoms. The zero-order valence-corrected chi connectivity index (χ0v) is 15.9. The van der Waals surface area contributed by atoms with Gasteiger partial charge in [-0.1, -0.05) is 19.3 Å². The van der Waals surface area contributed by atoms with Crippen LogP contribution in [0.2, 0.25) is 0 Å². The normalized spacial score (nSPS) is 19.0. The van der Waals surface area contributed by atoms with Crippen molar-refractivity contribution >= 4 is 0 Å². The lowest BCUT2D eigenvalue weighted by Gasteiger charge is -2.28. The topological polar surface area (TPSA) is 66.8 Å². The van der Waals surface area contributed by atoms with E-state index >= 15 is 0 Å². The maximum atomic E-state index is 12.7. The molecule has 0 radical (unpaired) electrons. The highest BCUT2D eigenvalue weighted by Gasteiger charge is 2.24. The van der Waals surface area contributed by atoms with Gasteiger partial charge in [-0.15, -0.1) is 0 Å². The van der Waals surface area contributed by atoms with Crippen molar-refractivity contribution in [3.63, 3.8) is 0 Å². The molecule has 0 saturated heterocycles. The van der Waals surface area contributed by atoms with E-state index in [4.69, 9.17) is 4.98 Å². The van der Waals surface area contributed by atoms with Gasteiger partial charge in [-0.05, 0) is 26.7 Å². The number of aromatic amines is 1. The summed E-state index contributed by atoms with van der Waals surface area (Å²) in [5.74, 6) is 1.38. The maximum absolute atomic E-state index is 12.7. The molecule has 6 heteroatoms. The molecule has 6 nitrogen and oxygen atoms in total. The van der Waals surface area contributed by atoms with Gasteiger partial charge < -0.3 is 4.98 Å². The first-order valence-corrected chi connectivity index (χ1v) is 9.97. The Balaban J connectivity index is 1.48. The van der Waals surface area contributed by atoms with Gasteiger partial charge in [0, 0.05) is 49.8 Å². The standard InChI is InChI=1S/C20H29N5O/c1-14(2)25-12-15(10-21-25)11-24-9-8-18-17(13-24)20(26)23-19(22-18)16-6-4-3-5-7-16/h10,12,14,16H,3-9,11,13H2,1-2H3,(H,22,23,26). The first-order chi connectivity index (χ1) is 12.6. The zero-order chi connectivity index (χ0) is 18.1. The summed E-state index contributed by atoms with van der Waals surface area (Å²) < 4.78 is 1.98. The lowest BCUT2D eigenvalue weighted by atomic mass is 9.88. The van der Waals surface area contributed by atoms with E-state index in [1.54, 1.807) is 0 Å². The number of hydrogen-bond acceptors (Lipinski definition) is 4. The van der Waals surface area contributed by atoms with Gasteiger partial charge in [0.1, 0.15) is 5.82 Å². The molecule has 0 aromatic carbocycles. The average molecular weight is 355 g/mol. The van der Waals surface area contributed by atoms with E-state index in [2.05, 4.69) is 35.0 Å². The van der Waals surface area contributed by atoms with Crippen molar-refractivity contribution in [2.75, 3.05) is 6.54 Å². The van der Waals surface area contributed by atoms with Crippen LogP contribution in [0.1, 0.15) is 80.6 Å². The molecule has 0 unspecified atom stereocenters. The van der Waals surface area contributed by atoms with Gasteiger partial charge in [-0.2, -0.15) is 5.10 Å². The van der Waals surface area contributed by atoms with Crippen LogP contribution in [-0.4, -0.2) is 31.2 Å². The third-order valence-electron chi connectivity index (χ3n) is 5.75. The second-order valence-corrected chi connectivity index (χ2v) is 8.09. The van der Waals surface area contributed by atoms with Crippen molar-refractivity contribution in [1.29, 1.82) is 0 Å². The minimum Gasteiger partial charge on any atom is -0.310 e. The molecule has 1 aliphatic heterocycles. The van der Waals surface area contributed by atoms with Gasteiger partial charge in [-0.3, -0.25) is 14.4 Å². The van der Waals surface area contributed by atoms with Crippen LogP contribution < -0.4 is 5.56 Å². The molecule has 3 heterocycles. The number of rotatable bonds is 4. The summed E-state index contributed by atoms with van der Waals surface area (Å²) in [6.07, 6.45) is 11.0. The highest BCUT2D eigenvalue weighted by molar-refractivity contribution is 5.22. The van der Waals surface area contributed by atoms with Crippen molar-refractivity contribution in [1.82, 2.24) is 24.6 Å². The van der Waals surface area contributed by atoms with Crippen molar-refractivity contribution in [2.45, 2.75) is 77.4 Å². The van der Waals surface area contributed by atoms with Gasteiger partial charge >= 0.3 is 0 Å². The second kappa shape index (κ2) is 7.35. The third kappa shape index (κ3) is 3.61. The largest absolute Gasteiger partial charge is 0.310 e. The Morgan fingerprint density at radius 1 is 1.27 bits per heavy atom. The number of aromatic nitrogens is 4. The van der Waals surface area contributed by atoms with Crippen LogP contribution in [0.3, 0.4) is 0 Å². The molecular weight excluding hydrogens is 326 g/mol. The molecule has 4 rings (SSSR count). The molecule has 26 heavy (non-hydrogen) atoms. The second-order valence-electron chi connectivity index (χ2n) is 8.09. The lowest BCUT2D eigenvalue weighted by molar-refractivity contribution is 0.241. The molecule has 2 aliphatic rings. The Morgan fingerprint density at radius 3 is 2.81 bits per heavy atom. The monoisotopic (exact) mass is 355 g/mol. The van der Waals surface area contributed by atoms with E-state index in [1.165, 1.54) is 24.8 Å². The number of nitrogens with zero attached hydrogens (tertiary/aromatic N) is 4. The molecule has 1 aliphatic carbocycles. The van der Waals surface area contributed by atoms with E-state index < -0.39 is 0 Å². The molecule has 2 aromatic heterocycles. The van der Waals surface area contributed by atoms with E-state index in [0.717, 1.165) is 49.4 Å². The molecule has 1 saturated carbocycles. The van der Waals surface area contributed by atoms with Gasteiger partial charge in [0.25, 0.3) is 5.56 Å². The van der Waals surface area contributed by atoms with Crippen LogP contribution in [-0.2, 0) is 19.5 Å². The Hall–Kier alpha value is -1.95. The first-order valence-electron chi connectivity index (χ1n) is 9.97. The van der Waals surface area contributed by atoms with Crippen LogP contribution in [0.5, 0.6) is 0 Å². The van der Waals surface area contributed by atoms with Gasteiger partial charge in [0.05, 0.1) is 17.5 Å². The van der Waals surface area contributed by atoms with E-state index in [-0.39, 0.29) is 5.56 Å². The molecular formula is C20H29N5O. The quantitative estimate of drug-likeness (QED) is 0.915. The molecule has 1 N–H and O–H groups in total. The van der Waals surface area contributed by atoms with Gasteiger partial charge in [0.15, 0.2) is 0 Å². The first kappa shape index (κ1) is 17.5. The van der Waals surface area contributed by atoms with Crippen molar-refractivity contribution in [3.05, 3.63) is 45.4 Å². The fraction of sp³-hybridized carbons (Fsp3) is 0.650. The van der Waals surface area contributed by atoms with E-state index in [0.29, 0.717) is 18.5 Å². The Labute approximate surface area is 154 Å². The predicted octanol–water partition coefficient (Wildman–Crippen LogP) is 3.15. The summed E-state index contributed by atoms with van der Waals surface area (Å²) >= 11 is 0. The summed E-state index contributed by atoms with van der Waals surface area (Å²) in [7, 11) is 0. The van der Waals surface area contributed by atoms with Crippen LogP contribution in [0, 0.1) is 0 Å². The Kier molecular flexibility index (Phi) is 4.94. The summed E-state index contributed by atoms with van der Waals surface area (Å²) in [5.41, 5.74) is 3.14. The molecule has 0 atom stereocenters. The zero-order valence-electron chi connectivity index (χ0n) is 15.9. The average Bonchev–Trinajstić information content (AvgIpc) is 3.12. The Morgan fingerprint density at radius 2 is 2.08 bits per heavy atom. The molecule has 2 aromatic rings. The number of hydrogen-bond donors (Lipinski definition) is 1. The van der Waals surface area contributed by atoms with Crippen molar-refractivity contribution in [3.8, 4) is 0 Å². The minimum atomic E-state index is 0.0677. The molecule has 140 valence electrons. The SMILES string of the molecule is CC(C)n1cc(CN2CCc3nc(C4CCCCC4)[nH]c(=O)c3C2)cn1. The van der Waals surface area contributed by atoms with E-state index in [1.807, 2.05) is 10.9 Å². The minimum absolute atomic E-state index is 0.0677. The van der Waals surface area contributed by atoms with Crippen LogP contribution in [0.4, 0.5) is 0 Å². The van der Waals surface area contributed by atoms with Gasteiger partial charge in [-0.25, -0.2) is 4.98 Å². The van der Waals surface area contributed by atoms with Crippen LogP contribution in [0.25, 0.3) is 0 Å². The number of fused-ring (bicyclic) bond motifs is 1. The summed E-state index contributed by atoms with van der Waals surface area (Å²) in [6, 6.07) is 0.371. The third-order valence-corrected chi connectivity index (χ3v) is 5.75. The summed E-state index contributed by atoms with van der Waals surface area (Å²) in [4.78, 5) is 23.0. The van der Waals surface area contributed by atoms with Gasteiger partial charge in [0.2, 0.25) is 0 Å². The molecule has 1 fully saturated rings. The fourth-order valence-electron chi connectivity index (χ4n) is 4.20. The van der Waals surface area contributed by atoms with Crippen LogP contribution in [0.15, 0.2) is 17.2 Å². The summed E-state index contributed by atoms with van der Waals surface area (Å²) in [6.45, 7) is 6.71. The highest BCUT2D eigenvalue weighted by atomic mass is 16.1. The lowest BCUT2D eigenvalue weighted by Crippen LogP contribution is -2.36. The van der Waals surface area contributed by atoms with Crippen LogP contribution >= 0.6 is 0 Å². The smallest absolute Gasteiger partial charge is 0.255 e. The van der Waals surface area contributed by atoms with Crippen molar-refractivity contribution < 1.29 is 0 Å². The maximum Gasteiger partial charge on any atom is 0.255 e.